The number of aliphatic hydroxyl groups is 1. The number of hydrogen-bond acceptors (Lipinski definition) is 4. The molecule has 17 heavy (non-hydrogen) atoms. The molecule has 5 heteroatoms. The molecule has 0 aliphatic heterocycles. The highest BCUT2D eigenvalue weighted by molar-refractivity contribution is 5.85. The molecule has 0 saturated carbocycles. The highest BCUT2D eigenvalue weighted by Crippen LogP contribution is 2.30. The largest absolute Gasteiger partial charge is 0.508 e. The summed E-state index contributed by atoms with van der Waals surface area (Å²) < 4.78 is 5.05. The summed E-state index contributed by atoms with van der Waals surface area (Å²) >= 11 is 0. The van der Waals surface area contributed by atoms with E-state index in [1.807, 2.05) is 13.8 Å². The third-order valence-corrected chi connectivity index (χ3v) is 2.64. The van der Waals surface area contributed by atoms with Crippen LogP contribution in [0.25, 0.3) is 0 Å². The molecule has 1 rings (SSSR count). The van der Waals surface area contributed by atoms with Crippen molar-refractivity contribution in [3.63, 3.8) is 0 Å². The first-order valence-corrected chi connectivity index (χ1v) is 5.28. The van der Waals surface area contributed by atoms with Gasteiger partial charge >= 0.3 is 0 Å². The van der Waals surface area contributed by atoms with Gasteiger partial charge in [-0.25, -0.2) is 0 Å². The van der Waals surface area contributed by atoms with Gasteiger partial charge in [0.25, 0.3) is 0 Å². The number of aromatic hydroxyl groups is 1. The van der Waals surface area contributed by atoms with E-state index in [9.17, 15) is 10.2 Å². The van der Waals surface area contributed by atoms with Crippen molar-refractivity contribution < 1.29 is 14.9 Å². The van der Waals surface area contributed by atoms with Crippen LogP contribution in [-0.2, 0) is 0 Å². The van der Waals surface area contributed by atoms with Gasteiger partial charge in [-0.3, -0.25) is 0 Å². The van der Waals surface area contributed by atoms with Crippen molar-refractivity contribution in [2.75, 3.05) is 7.11 Å². The van der Waals surface area contributed by atoms with Crippen LogP contribution in [0.15, 0.2) is 18.2 Å². The average Bonchev–Trinajstić information content (AvgIpc) is 2.27. The first-order chi connectivity index (χ1) is 7.47. The third kappa shape index (κ3) is 3.77. The molecular weight excluding hydrogens is 242 g/mol. The van der Waals surface area contributed by atoms with Crippen molar-refractivity contribution in [3.05, 3.63) is 23.8 Å². The maximum atomic E-state index is 9.86. The van der Waals surface area contributed by atoms with Gasteiger partial charge in [-0.1, -0.05) is 13.8 Å². The van der Waals surface area contributed by atoms with Crippen molar-refractivity contribution in [1.29, 1.82) is 0 Å². The highest BCUT2D eigenvalue weighted by atomic mass is 35.5. The number of aliphatic hydroxyl groups excluding tert-OH is 1. The number of nitrogens with two attached hydrogens (primary N) is 1. The lowest BCUT2D eigenvalue weighted by Gasteiger charge is -2.23. The maximum Gasteiger partial charge on any atom is 0.120 e. The van der Waals surface area contributed by atoms with Crippen LogP contribution >= 0.6 is 12.4 Å². The van der Waals surface area contributed by atoms with Crippen molar-refractivity contribution in [2.24, 2.45) is 11.7 Å². The van der Waals surface area contributed by atoms with E-state index in [2.05, 4.69) is 0 Å². The van der Waals surface area contributed by atoms with Crippen molar-refractivity contribution in [1.82, 2.24) is 0 Å². The fourth-order valence-corrected chi connectivity index (χ4v) is 1.53. The predicted molar refractivity (Wildman–Crippen MR) is 69.7 cm³/mol. The molecule has 0 saturated heterocycles. The van der Waals surface area contributed by atoms with Crippen LogP contribution in [0, 0.1) is 5.92 Å². The molecule has 0 aliphatic rings. The zero-order valence-corrected chi connectivity index (χ0v) is 11.1. The second-order valence-corrected chi connectivity index (χ2v) is 4.19. The summed E-state index contributed by atoms with van der Waals surface area (Å²) in [5.41, 5.74) is 6.40. The number of hydrogen-bond donors (Lipinski definition) is 3. The molecule has 0 heterocycles. The Kier molecular flexibility index (Phi) is 6.31. The van der Waals surface area contributed by atoms with Crippen LogP contribution in [0.2, 0.25) is 0 Å². The normalized spacial score (nSPS) is 14.0. The molecule has 4 N–H and O–H groups in total. The first-order valence-electron chi connectivity index (χ1n) is 5.28. The molecule has 0 amide bonds. The van der Waals surface area contributed by atoms with Gasteiger partial charge in [0, 0.05) is 5.56 Å². The van der Waals surface area contributed by atoms with Crippen molar-refractivity contribution in [2.45, 2.75) is 26.0 Å². The molecule has 2 atom stereocenters. The number of ether oxygens (including phenoxy) is 1. The summed E-state index contributed by atoms with van der Waals surface area (Å²) in [6, 6.07) is 4.19. The van der Waals surface area contributed by atoms with E-state index in [-0.39, 0.29) is 24.1 Å². The Bertz CT molecular complexity index is 358. The van der Waals surface area contributed by atoms with Crippen LogP contribution in [0.4, 0.5) is 0 Å². The number of methoxy groups -OCH3 is 1. The van der Waals surface area contributed by atoms with Gasteiger partial charge in [0.1, 0.15) is 11.5 Å². The monoisotopic (exact) mass is 261 g/mol. The standard InChI is InChI=1S/C12H19NO3.ClH/c1-7(2)12(15)11(13)9-6-8(16-3)4-5-10(9)14;/h4-7,11-12,14-15H,13H2,1-3H3;1H/t11-,12+;/m1./s1. The maximum absolute atomic E-state index is 9.86. The minimum Gasteiger partial charge on any atom is -0.508 e. The van der Waals surface area contributed by atoms with E-state index in [0.717, 1.165) is 0 Å². The second-order valence-electron chi connectivity index (χ2n) is 4.19. The van der Waals surface area contributed by atoms with E-state index in [1.54, 1.807) is 19.2 Å². The Morgan fingerprint density at radius 2 is 1.88 bits per heavy atom. The number of rotatable bonds is 4. The van der Waals surface area contributed by atoms with Crippen LogP contribution in [0.3, 0.4) is 0 Å². The zero-order valence-electron chi connectivity index (χ0n) is 10.3. The number of benzene rings is 1. The molecular formula is C12H20ClNO3. The van der Waals surface area contributed by atoms with E-state index < -0.39 is 12.1 Å². The Morgan fingerprint density at radius 3 is 2.35 bits per heavy atom. The summed E-state index contributed by atoms with van der Waals surface area (Å²) in [5, 5.41) is 19.5. The quantitative estimate of drug-likeness (QED) is 0.773. The molecule has 98 valence electrons. The molecule has 0 bridgehead atoms. The SMILES string of the molecule is COc1ccc(O)c([C@@H](N)[C@@H](O)C(C)C)c1.Cl. The first kappa shape index (κ1) is 16.0. The summed E-state index contributed by atoms with van der Waals surface area (Å²) in [7, 11) is 1.54. The summed E-state index contributed by atoms with van der Waals surface area (Å²) in [5.74, 6) is 0.716. The summed E-state index contributed by atoms with van der Waals surface area (Å²) in [6.45, 7) is 3.75. The lowest BCUT2D eigenvalue weighted by atomic mass is 9.94. The second kappa shape index (κ2) is 6.69. The fourth-order valence-electron chi connectivity index (χ4n) is 1.53. The Labute approximate surface area is 108 Å². The Balaban J connectivity index is 0.00000256. The molecule has 4 nitrogen and oxygen atoms in total. The molecule has 0 aliphatic carbocycles. The van der Waals surface area contributed by atoms with Gasteiger partial charge in [0.15, 0.2) is 0 Å². The van der Waals surface area contributed by atoms with Gasteiger partial charge < -0.3 is 20.7 Å². The molecule has 0 spiro atoms. The third-order valence-electron chi connectivity index (χ3n) is 2.64. The summed E-state index contributed by atoms with van der Waals surface area (Å²) in [6.07, 6.45) is -0.696. The average molecular weight is 262 g/mol. The topological polar surface area (TPSA) is 75.7 Å². The van der Waals surface area contributed by atoms with E-state index in [1.165, 1.54) is 6.07 Å². The molecule has 0 aromatic heterocycles. The van der Waals surface area contributed by atoms with Crippen LogP contribution < -0.4 is 10.5 Å². The molecule has 0 radical (unpaired) electrons. The van der Waals surface area contributed by atoms with Crippen LogP contribution in [-0.4, -0.2) is 23.4 Å². The lowest BCUT2D eigenvalue weighted by Crippen LogP contribution is -2.30. The molecule has 0 fully saturated rings. The van der Waals surface area contributed by atoms with Gasteiger partial charge in [0.2, 0.25) is 0 Å². The van der Waals surface area contributed by atoms with Crippen molar-refractivity contribution >= 4 is 12.4 Å². The lowest BCUT2D eigenvalue weighted by molar-refractivity contribution is 0.0969. The number of phenols is 1. The zero-order chi connectivity index (χ0) is 12.3. The Hall–Kier alpha value is -0.970. The van der Waals surface area contributed by atoms with Gasteiger partial charge in [-0.2, -0.15) is 0 Å². The van der Waals surface area contributed by atoms with E-state index >= 15 is 0 Å². The number of phenolic OH excluding ortho intramolecular Hbond substituents is 1. The number of halogens is 1. The molecule has 1 aromatic carbocycles. The highest BCUT2D eigenvalue weighted by Gasteiger charge is 2.22. The smallest absolute Gasteiger partial charge is 0.120 e. The van der Waals surface area contributed by atoms with E-state index in [4.69, 9.17) is 10.5 Å². The van der Waals surface area contributed by atoms with Gasteiger partial charge in [-0.05, 0) is 24.1 Å². The predicted octanol–water partition coefficient (Wildman–Crippen LogP) is 1.84. The van der Waals surface area contributed by atoms with Crippen LogP contribution in [0.5, 0.6) is 11.5 Å². The Morgan fingerprint density at radius 1 is 1.29 bits per heavy atom. The molecule has 0 unspecified atom stereocenters. The summed E-state index contributed by atoms with van der Waals surface area (Å²) in [4.78, 5) is 0. The van der Waals surface area contributed by atoms with E-state index in [0.29, 0.717) is 11.3 Å². The minimum absolute atomic E-state index is 0. The molecule has 1 aromatic rings. The van der Waals surface area contributed by atoms with Gasteiger partial charge in [0.05, 0.1) is 19.3 Å². The fraction of sp³-hybridized carbons (Fsp3) is 0.500. The van der Waals surface area contributed by atoms with Crippen molar-refractivity contribution in [3.8, 4) is 11.5 Å². The van der Waals surface area contributed by atoms with Gasteiger partial charge in [-0.15, -0.1) is 12.4 Å². The van der Waals surface area contributed by atoms with Crippen LogP contribution in [0.1, 0.15) is 25.5 Å². The minimum atomic E-state index is -0.696.